The molecular weight excluding hydrogens is 370 g/mol. The summed E-state index contributed by atoms with van der Waals surface area (Å²) in [5.74, 6) is 1.00. The molecule has 1 amide bonds. The Hall–Kier alpha value is -2.12. The minimum absolute atomic E-state index is 0.258. The average Bonchev–Trinajstić information content (AvgIpc) is 3.37. The van der Waals surface area contributed by atoms with Gasteiger partial charge in [-0.3, -0.25) is 14.4 Å². The number of likely N-dealkylation sites (tertiary alicyclic amines) is 1. The van der Waals surface area contributed by atoms with Crippen LogP contribution in [0.4, 0.5) is 0 Å². The zero-order valence-corrected chi connectivity index (χ0v) is 17.4. The molecule has 1 aromatic heterocycles. The normalized spacial score (nSPS) is 20.4. The third-order valence-corrected chi connectivity index (χ3v) is 6.65. The van der Waals surface area contributed by atoms with Gasteiger partial charge in [-0.05, 0) is 36.8 Å². The Kier molecular flexibility index (Phi) is 5.82. The molecule has 0 bridgehead atoms. The fourth-order valence-electron chi connectivity index (χ4n) is 3.89. The number of nitrogens with zero attached hydrogens (tertiary/aromatic N) is 5. The lowest BCUT2D eigenvalue weighted by Gasteiger charge is -2.28. The van der Waals surface area contributed by atoms with Crippen LogP contribution >= 0.6 is 11.8 Å². The van der Waals surface area contributed by atoms with Gasteiger partial charge in [0.2, 0.25) is 5.91 Å². The molecule has 2 aliphatic rings. The number of thioether (sulfide) groups is 1. The summed E-state index contributed by atoms with van der Waals surface area (Å²) in [7, 11) is 1.87. The minimum atomic E-state index is 0.258. The van der Waals surface area contributed by atoms with Crippen molar-refractivity contribution in [3.05, 3.63) is 42.2 Å². The number of amides is 1. The van der Waals surface area contributed by atoms with Crippen LogP contribution in [0.1, 0.15) is 18.4 Å². The molecule has 0 spiro atoms. The van der Waals surface area contributed by atoms with E-state index in [0.29, 0.717) is 18.3 Å². The summed E-state index contributed by atoms with van der Waals surface area (Å²) < 4.78 is 1.71. The first-order chi connectivity index (χ1) is 13.6. The Morgan fingerprint density at radius 2 is 2.00 bits per heavy atom. The van der Waals surface area contributed by atoms with Gasteiger partial charge in [0.05, 0.1) is 6.54 Å². The van der Waals surface area contributed by atoms with Gasteiger partial charge in [-0.1, -0.05) is 30.3 Å². The summed E-state index contributed by atoms with van der Waals surface area (Å²) in [6, 6.07) is 8.39. The molecule has 3 heterocycles. The lowest BCUT2D eigenvalue weighted by atomic mass is 9.98. The second kappa shape index (κ2) is 8.49. The zero-order valence-electron chi connectivity index (χ0n) is 16.5. The van der Waals surface area contributed by atoms with Gasteiger partial charge in [-0.25, -0.2) is 4.98 Å². The van der Waals surface area contributed by atoms with Crippen LogP contribution in [-0.2, 0) is 11.8 Å². The molecule has 28 heavy (non-hydrogen) atoms. The molecule has 1 fully saturated rings. The second-order valence-electron chi connectivity index (χ2n) is 7.52. The van der Waals surface area contributed by atoms with Gasteiger partial charge >= 0.3 is 0 Å². The van der Waals surface area contributed by atoms with Crippen molar-refractivity contribution < 1.29 is 4.79 Å². The maximum Gasteiger partial charge on any atom is 0.237 e. The van der Waals surface area contributed by atoms with Crippen LogP contribution in [0.25, 0.3) is 17.0 Å². The van der Waals surface area contributed by atoms with E-state index in [1.807, 2.05) is 23.7 Å². The topological polar surface area (TPSA) is 54.3 Å². The molecule has 7 heteroatoms. The van der Waals surface area contributed by atoms with Gasteiger partial charge < -0.3 is 4.90 Å². The molecule has 1 saturated heterocycles. The van der Waals surface area contributed by atoms with Crippen LogP contribution in [0, 0.1) is 0 Å². The first kappa shape index (κ1) is 19.2. The predicted octanol–water partition coefficient (Wildman–Crippen LogP) is 2.54. The molecule has 0 unspecified atom stereocenters. The van der Waals surface area contributed by atoms with E-state index in [9.17, 15) is 4.79 Å². The maximum atomic E-state index is 12.6. The Bertz CT molecular complexity index is 860. The Labute approximate surface area is 170 Å². The van der Waals surface area contributed by atoms with E-state index in [-0.39, 0.29) is 5.91 Å². The SMILES string of the molecule is CS[C@H]1CCN(CC(=O)N2CC=C(c3ccc(-c4ncn(C)n4)cc3)CC2)C1. The largest absolute Gasteiger partial charge is 0.338 e. The van der Waals surface area contributed by atoms with E-state index < -0.39 is 0 Å². The summed E-state index contributed by atoms with van der Waals surface area (Å²) >= 11 is 1.91. The second-order valence-corrected chi connectivity index (χ2v) is 8.66. The lowest BCUT2D eigenvalue weighted by Crippen LogP contribution is -2.41. The number of hydrogen-bond donors (Lipinski definition) is 0. The third kappa shape index (κ3) is 4.31. The fraction of sp³-hybridized carbons (Fsp3) is 0.476. The molecule has 1 atom stereocenters. The van der Waals surface area contributed by atoms with Crippen LogP contribution < -0.4 is 0 Å². The van der Waals surface area contributed by atoms with E-state index in [1.165, 1.54) is 17.6 Å². The Balaban J connectivity index is 1.34. The fourth-order valence-corrected chi connectivity index (χ4v) is 4.59. The smallest absolute Gasteiger partial charge is 0.237 e. The zero-order chi connectivity index (χ0) is 19.5. The average molecular weight is 398 g/mol. The third-order valence-electron chi connectivity index (χ3n) is 5.60. The van der Waals surface area contributed by atoms with Gasteiger partial charge in [0.15, 0.2) is 5.82 Å². The molecular formula is C21H27N5OS. The number of carbonyl (C=O) groups is 1. The van der Waals surface area contributed by atoms with Crippen molar-refractivity contribution in [1.82, 2.24) is 24.6 Å². The summed E-state index contributed by atoms with van der Waals surface area (Å²) in [6.45, 7) is 4.15. The first-order valence-electron chi connectivity index (χ1n) is 9.81. The minimum Gasteiger partial charge on any atom is -0.338 e. The molecule has 4 rings (SSSR count). The van der Waals surface area contributed by atoms with E-state index in [2.05, 4.69) is 51.6 Å². The molecule has 0 aliphatic carbocycles. The quantitative estimate of drug-likeness (QED) is 0.776. The molecule has 148 valence electrons. The number of carbonyl (C=O) groups excluding carboxylic acids is 1. The van der Waals surface area contributed by atoms with Crippen LogP contribution in [0.2, 0.25) is 0 Å². The molecule has 2 aromatic rings. The van der Waals surface area contributed by atoms with Crippen molar-refractivity contribution in [1.29, 1.82) is 0 Å². The Morgan fingerprint density at radius 1 is 1.21 bits per heavy atom. The molecule has 0 N–H and O–H groups in total. The van der Waals surface area contributed by atoms with Gasteiger partial charge in [0, 0.05) is 37.5 Å². The first-order valence-corrected chi connectivity index (χ1v) is 11.1. The summed E-state index contributed by atoms with van der Waals surface area (Å²) in [5, 5.41) is 5.03. The number of aromatic nitrogens is 3. The van der Waals surface area contributed by atoms with Crippen molar-refractivity contribution in [2.75, 3.05) is 39.0 Å². The predicted molar refractivity (Wildman–Crippen MR) is 114 cm³/mol. The van der Waals surface area contributed by atoms with E-state index in [1.54, 1.807) is 11.0 Å². The summed E-state index contributed by atoms with van der Waals surface area (Å²) in [4.78, 5) is 21.2. The lowest BCUT2D eigenvalue weighted by molar-refractivity contribution is -0.131. The van der Waals surface area contributed by atoms with Crippen molar-refractivity contribution in [2.24, 2.45) is 7.05 Å². The number of benzene rings is 1. The standard InChI is InChI=1S/C21H27N5OS/c1-24-15-22-21(23-24)18-5-3-16(4-6-18)17-7-11-26(12-8-17)20(27)14-25-10-9-19(13-25)28-2/h3-7,15,19H,8-14H2,1-2H3/t19-/m0/s1. The van der Waals surface area contributed by atoms with E-state index in [0.717, 1.165) is 37.4 Å². The summed E-state index contributed by atoms with van der Waals surface area (Å²) in [5.41, 5.74) is 3.55. The highest BCUT2D eigenvalue weighted by Gasteiger charge is 2.26. The van der Waals surface area contributed by atoms with Gasteiger partial charge in [0.1, 0.15) is 6.33 Å². The highest BCUT2D eigenvalue weighted by Crippen LogP contribution is 2.25. The highest BCUT2D eigenvalue weighted by atomic mass is 32.2. The molecule has 2 aliphatic heterocycles. The van der Waals surface area contributed by atoms with Crippen LogP contribution in [0.15, 0.2) is 36.7 Å². The van der Waals surface area contributed by atoms with Crippen molar-refractivity contribution >= 4 is 23.2 Å². The number of aryl methyl sites for hydroxylation is 1. The summed E-state index contributed by atoms with van der Waals surface area (Å²) in [6.07, 6.45) is 8.17. The number of hydrogen-bond acceptors (Lipinski definition) is 5. The Morgan fingerprint density at radius 3 is 2.61 bits per heavy atom. The monoisotopic (exact) mass is 397 g/mol. The van der Waals surface area contributed by atoms with Crippen LogP contribution in [0.5, 0.6) is 0 Å². The number of rotatable bonds is 5. The molecule has 0 saturated carbocycles. The van der Waals surface area contributed by atoms with Crippen molar-refractivity contribution in [3.8, 4) is 11.4 Å². The highest BCUT2D eigenvalue weighted by molar-refractivity contribution is 7.99. The van der Waals surface area contributed by atoms with E-state index >= 15 is 0 Å². The van der Waals surface area contributed by atoms with Gasteiger partial charge in [0.25, 0.3) is 0 Å². The van der Waals surface area contributed by atoms with Gasteiger partial charge in [-0.2, -0.15) is 16.9 Å². The maximum absolute atomic E-state index is 12.6. The molecule has 6 nitrogen and oxygen atoms in total. The van der Waals surface area contributed by atoms with Crippen LogP contribution in [-0.4, -0.2) is 74.7 Å². The van der Waals surface area contributed by atoms with Gasteiger partial charge in [-0.15, -0.1) is 0 Å². The molecule has 1 aromatic carbocycles. The van der Waals surface area contributed by atoms with Crippen LogP contribution in [0.3, 0.4) is 0 Å². The molecule has 0 radical (unpaired) electrons. The van der Waals surface area contributed by atoms with Crippen molar-refractivity contribution in [2.45, 2.75) is 18.1 Å². The van der Waals surface area contributed by atoms with E-state index in [4.69, 9.17) is 0 Å². The van der Waals surface area contributed by atoms with Crippen molar-refractivity contribution in [3.63, 3.8) is 0 Å².